The fraction of sp³-hybridized carbons (Fsp3) is 0.562. The van der Waals surface area contributed by atoms with E-state index in [-0.39, 0.29) is 24.4 Å². The van der Waals surface area contributed by atoms with E-state index in [1.807, 2.05) is 44.2 Å². The Morgan fingerprint density at radius 3 is 2.27 bits per heavy atom. The van der Waals surface area contributed by atoms with Crippen LogP contribution in [-0.2, 0) is 21.1 Å². The molecule has 1 aliphatic rings. The zero-order valence-corrected chi connectivity index (χ0v) is 14.1. The van der Waals surface area contributed by atoms with Crippen LogP contribution in [-0.4, -0.2) is 55.9 Å². The lowest BCUT2D eigenvalue weighted by atomic mass is 10.1. The molecule has 0 aliphatic carbocycles. The molecule has 2 rings (SSSR count). The van der Waals surface area contributed by atoms with E-state index >= 15 is 0 Å². The molecule has 1 aromatic carbocycles. The van der Waals surface area contributed by atoms with Gasteiger partial charge >= 0.3 is 0 Å². The van der Waals surface area contributed by atoms with Gasteiger partial charge in [0.2, 0.25) is 5.91 Å². The van der Waals surface area contributed by atoms with Crippen LogP contribution in [0.5, 0.6) is 0 Å². The number of piperazine rings is 1. The predicted octanol–water partition coefficient (Wildman–Crippen LogP) is 0.851. The van der Waals surface area contributed by atoms with Crippen molar-refractivity contribution < 1.29 is 13.2 Å². The molecule has 1 saturated heterocycles. The molecular weight excluding hydrogens is 300 g/mol. The summed E-state index contributed by atoms with van der Waals surface area (Å²) in [4.78, 5) is 14.4. The van der Waals surface area contributed by atoms with Crippen molar-refractivity contribution in [3.63, 3.8) is 0 Å². The minimum Gasteiger partial charge on any atom is -0.338 e. The summed E-state index contributed by atoms with van der Waals surface area (Å²) in [6, 6.07) is 9.64. The number of hydrogen-bond donors (Lipinski definition) is 1. The van der Waals surface area contributed by atoms with E-state index < -0.39 is 15.1 Å². The van der Waals surface area contributed by atoms with Gasteiger partial charge in [0, 0.05) is 31.4 Å². The molecule has 0 bridgehead atoms. The molecule has 1 amide bonds. The molecule has 0 aromatic heterocycles. The maximum atomic E-state index is 12.8. The number of sulfone groups is 1. The zero-order chi connectivity index (χ0) is 16.3. The molecule has 6 heteroatoms. The molecule has 1 N–H and O–H groups in total. The predicted molar refractivity (Wildman–Crippen MR) is 87.4 cm³/mol. The van der Waals surface area contributed by atoms with Gasteiger partial charge < -0.3 is 10.2 Å². The lowest BCUT2D eigenvalue weighted by Gasteiger charge is -2.37. The summed E-state index contributed by atoms with van der Waals surface area (Å²) >= 11 is 0. The Balaban J connectivity index is 2.20. The topological polar surface area (TPSA) is 66.5 Å². The van der Waals surface area contributed by atoms with Gasteiger partial charge in [-0.1, -0.05) is 30.3 Å². The average molecular weight is 324 g/mol. The Kier molecular flexibility index (Phi) is 5.24. The van der Waals surface area contributed by atoms with Crippen molar-refractivity contribution >= 4 is 15.7 Å². The van der Waals surface area contributed by atoms with Crippen molar-refractivity contribution in [3.05, 3.63) is 35.9 Å². The van der Waals surface area contributed by atoms with Gasteiger partial charge in [-0.2, -0.15) is 0 Å². The first-order valence-corrected chi connectivity index (χ1v) is 9.50. The molecule has 1 heterocycles. The van der Waals surface area contributed by atoms with E-state index in [1.165, 1.54) is 0 Å². The molecule has 3 atom stereocenters. The van der Waals surface area contributed by atoms with E-state index in [0.29, 0.717) is 13.1 Å². The molecule has 1 aliphatic heterocycles. The standard InChI is InChI=1S/C16H24N2O3S/c1-12-10-18(11-13(2)17-12)16(19)15(22(3,20)21)9-14-7-5-4-6-8-14/h4-8,12-13,15,17H,9-11H2,1-3H3/t12-,13+,15-/m0/s1. The van der Waals surface area contributed by atoms with E-state index in [0.717, 1.165) is 11.8 Å². The second-order valence-corrected chi connectivity index (χ2v) is 8.45. The SMILES string of the molecule is C[C@@H]1CN(C(=O)[C@H](Cc2ccccc2)S(C)(=O)=O)C[C@H](C)N1. The van der Waals surface area contributed by atoms with Crippen molar-refractivity contribution in [1.82, 2.24) is 10.2 Å². The second-order valence-electron chi connectivity index (χ2n) is 6.22. The molecule has 0 radical (unpaired) electrons. The van der Waals surface area contributed by atoms with Crippen LogP contribution in [0.2, 0.25) is 0 Å². The van der Waals surface area contributed by atoms with Crippen molar-refractivity contribution in [1.29, 1.82) is 0 Å². The summed E-state index contributed by atoms with van der Waals surface area (Å²) in [5, 5.41) is 2.34. The van der Waals surface area contributed by atoms with Crippen molar-refractivity contribution in [2.75, 3.05) is 19.3 Å². The number of carbonyl (C=O) groups excluding carboxylic acids is 1. The molecule has 0 saturated carbocycles. The van der Waals surface area contributed by atoms with Crippen LogP contribution in [0.4, 0.5) is 0 Å². The van der Waals surface area contributed by atoms with Gasteiger partial charge in [0.05, 0.1) is 0 Å². The summed E-state index contributed by atoms with van der Waals surface area (Å²) in [5.74, 6) is -0.286. The van der Waals surface area contributed by atoms with Crippen LogP contribution in [0.25, 0.3) is 0 Å². The highest BCUT2D eigenvalue weighted by Gasteiger charge is 2.35. The molecule has 122 valence electrons. The highest BCUT2D eigenvalue weighted by molar-refractivity contribution is 7.92. The van der Waals surface area contributed by atoms with Crippen molar-refractivity contribution in [2.45, 2.75) is 37.6 Å². The maximum Gasteiger partial charge on any atom is 0.241 e. The van der Waals surface area contributed by atoms with Gasteiger partial charge in [-0.25, -0.2) is 8.42 Å². The van der Waals surface area contributed by atoms with Crippen molar-refractivity contribution in [3.8, 4) is 0 Å². The summed E-state index contributed by atoms with van der Waals surface area (Å²) in [6.07, 6.45) is 1.37. The molecule has 1 aromatic rings. The third kappa shape index (κ3) is 4.30. The van der Waals surface area contributed by atoms with E-state index in [1.54, 1.807) is 4.90 Å². The molecule has 1 fully saturated rings. The quantitative estimate of drug-likeness (QED) is 0.892. The van der Waals surface area contributed by atoms with Gasteiger partial charge in [0.1, 0.15) is 5.25 Å². The number of carbonyl (C=O) groups is 1. The Hall–Kier alpha value is -1.40. The Labute approximate surface area is 132 Å². The zero-order valence-electron chi connectivity index (χ0n) is 13.3. The first-order chi connectivity index (χ1) is 10.3. The fourth-order valence-electron chi connectivity index (χ4n) is 2.96. The first-order valence-electron chi connectivity index (χ1n) is 7.55. The van der Waals surface area contributed by atoms with Gasteiger partial charge in [-0.15, -0.1) is 0 Å². The van der Waals surface area contributed by atoms with Crippen LogP contribution in [0.1, 0.15) is 19.4 Å². The van der Waals surface area contributed by atoms with Gasteiger partial charge in [0.25, 0.3) is 0 Å². The van der Waals surface area contributed by atoms with E-state index in [4.69, 9.17) is 0 Å². The van der Waals surface area contributed by atoms with Crippen LogP contribution in [0.3, 0.4) is 0 Å². The normalized spacial score (nSPS) is 24.0. The fourth-order valence-corrected chi connectivity index (χ4v) is 3.97. The summed E-state index contributed by atoms with van der Waals surface area (Å²) in [5.41, 5.74) is 0.863. The summed E-state index contributed by atoms with van der Waals surface area (Å²) in [7, 11) is -3.46. The minimum atomic E-state index is -3.46. The maximum absolute atomic E-state index is 12.8. The molecule has 0 unspecified atom stereocenters. The highest BCUT2D eigenvalue weighted by atomic mass is 32.2. The van der Waals surface area contributed by atoms with Crippen LogP contribution < -0.4 is 5.32 Å². The van der Waals surface area contributed by atoms with Gasteiger partial charge in [-0.05, 0) is 25.8 Å². The highest BCUT2D eigenvalue weighted by Crippen LogP contribution is 2.15. The number of nitrogens with one attached hydrogen (secondary N) is 1. The summed E-state index contributed by atoms with van der Waals surface area (Å²) in [6.45, 7) is 5.10. The molecular formula is C16H24N2O3S. The number of rotatable bonds is 4. The number of benzene rings is 1. The van der Waals surface area contributed by atoms with Gasteiger partial charge in [0.15, 0.2) is 9.84 Å². The van der Waals surface area contributed by atoms with Crippen molar-refractivity contribution in [2.24, 2.45) is 0 Å². The number of nitrogens with zero attached hydrogens (tertiary/aromatic N) is 1. The number of amides is 1. The number of hydrogen-bond acceptors (Lipinski definition) is 4. The van der Waals surface area contributed by atoms with Gasteiger partial charge in [-0.3, -0.25) is 4.79 Å². The van der Waals surface area contributed by atoms with Crippen LogP contribution in [0.15, 0.2) is 30.3 Å². The van der Waals surface area contributed by atoms with E-state index in [2.05, 4.69) is 5.32 Å². The minimum absolute atomic E-state index is 0.171. The Morgan fingerprint density at radius 2 is 1.77 bits per heavy atom. The molecule has 22 heavy (non-hydrogen) atoms. The third-order valence-electron chi connectivity index (χ3n) is 3.93. The largest absolute Gasteiger partial charge is 0.338 e. The van der Waals surface area contributed by atoms with E-state index in [9.17, 15) is 13.2 Å². The first kappa shape index (κ1) is 17.0. The smallest absolute Gasteiger partial charge is 0.241 e. The molecule has 5 nitrogen and oxygen atoms in total. The monoisotopic (exact) mass is 324 g/mol. The molecule has 0 spiro atoms. The summed E-state index contributed by atoms with van der Waals surface area (Å²) < 4.78 is 24.2. The Morgan fingerprint density at radius 1 is 1.23 bits per heavy atom. The average Bonchev–Trinajstić information content (AvgIpc) is 2.43. The lowest BCUT2D eigenvalue weighted by Crippen LogP contribution is -2.58. The van der Waals surface area contributed by atoms with Crippen LogP contribution in [0, 0.1) is 0 Å². The third-order valence-corrected chi connectivity index (χ3v) is 5.33. The second kappa shape index (κ2) is 6.79. The Bertz CT molecular complexity index is 606. The van der Waals surface area contributed by atoms with Crippen LogP contribution >= 0.6 is 0 Å². The lowest BCUT2D eigenvalue weighted by molar-refractivity contribution is -0.132.